The van der Waals surface area contributed by atoms with E-state index in [1.165, 1.54) is 12.1 Å². The molecule has 0 radical (unpaired) electrons. The van der Waals surface area contributed by atoms with Gasteiger partial charge in [-0.2, -0.15) is 0 Å². The number of halogens is 3. The third-order valence-corrected chi connectivity index (χ3v) is 2.11. The second-order valence-corrected chi connectivity index (χ2v) is 3.68. The Hall–Kier alpha value is -1.56. The Balaban J connectivity index is 2.71. The number of carbonyl (C=O) groups excluding carboxylic acids is 1. The van der Waals surface area contributed by atoms with Gasteiger partial charge in [-0.15, -0.1) is 0 Å². The minimum absolute atomic E-state index is 0.302. The topological polar surface area (TPSA) is 49.3 Å². The summed E-state index contributed by atoms with van der Waals surface area (Å²) in [5.74, 6) is -5.11. The van der Waals surface area contributed by atoms with Crippen LogP contribution in [0.25, 0.3) is 0 Å². The highest BCUT2D eigenvalue weighted by molar-refractivity contribution is 5.94. The molecule has 3 nitrogen and oxygen atoms in total. The summed E-state index contributed by atoms with van der Waals surface area (Å²) in [4.78, 5) is 11.4. The first-order valence-corrected chi connectivity index (χ1v) is 4.89. The van der Waals surface area contributed by atoms with E-state index in [1.54, 1.807) is 6.92 Å². The van der Waals surface area contributed by atoms with Crippen LogP contribution in [0.4, 0.5) is 13.2 Å². The number of alkyl halides is 2. The number of nitrogens with one attached hydrogen (secondary N) is 1. The van der Waals surface area contributed by atoms with Crippen molar-refractivity contribution in [3.8, 4) is 0 Å². The molecule has 17 heavy (non-hydrogen) atoms. The summed E-state index contributed by atoms with van der Waals surface area (Å²) < 4.78 is 38.6. The maximum atomic E-state index is 13.3. The lowest BCUT2D eigenvalue weighted by molar-refractivity contribution is -0.0462. The minimum Gasteiger partial charge on any atom is -0.390 e. The van der Waals surface area contributed by atoms with Crippen LogP contribution < -0.4 is 5.32 Å². The second-order valence-electron chi connectivity index (χ2n) is 3.68. The van der Waals surface area contributed by atoms with Gasteiger partial charge in [-0.25, -0.2) is 13.2 Å². The molecular weight excluding hydrogens is 235 g/mol. The first-order chi connectivity index (χ1) is 7.85. The Labute approximate surface area is 96.3 Å². The third-order valence-electron chi connectivity index (χ3n) is 2.11. The smallest absolute Gasteiger partial charge is 0.287 e. The van der Waals surface area contributed by atoms with Gasteiger partial charge in [0.1, 0.15) is 12.4 Å². The maximum absolute atomic E-state index is 13.3. The van der Waals surface area contributed by atoms with Crippen LogP contribution in [0.2, 0.25) is 0 Å². The highest BCUT2D eigenvalue weighted by Crippen LogP contribution is 2.12. The van der Waals surface area contributed by atoms with Crippen molar-refractivity contribution >= 4 is 5.91 Å². The van der Waals surface area contributed by atoms with Crippen LogP contribution in [0.15, 0.2) is 18.2 Å². The van der Waals surface area contributed by atoms with E-state index in [9.17, 15) is 18.0 Å². The van der Waals surface area contributed by atoms with E-state index in [-0.39, 0.29) is 5.56 Å². The van der Waals surface area contributed by atoms with E-state index in [1.807, 2.05) is 5.32 Å². The molecule has 1 amide bonds. The van der Waals surface area contributed by atoms with E-state index < -0.39 is 30.8 Å². The molecule has 0 aromatic heterocycles. The summed E-state index contributed by atoms with van der Waals surface area (Å²) in [5, 5.41) is 10.2. The van der Waals surface area contributed by atoms with Crippen LogP contribution in [-0.2, 0) is 0 Å². The van der Waals surface area contributed by atoms with Crippen LogP contribution in [0.5, 0.6) is 0 Å². The average Bonchev–Trinajstić information content (AvgIpc) is 2.26. The zero-order chi connectivity index (χ0) is 13.1. The van der Waals surface area contributed by atoms with Crippen LogP contribution in [0.3, 0.4) is 0 Å². The van der Waals surface area contributed by atoms with Gasteiger partial charge < -0.3 is 10.4 Å². The fraction of sp³-hybridized carbons (Fsp3) is 0.364. The molecule has 0 atom stereocenters. The molecule has 1 aromatic rings. The fourth-order valence-corrected chi connectivity index (χ4v) is 1.17. The molecule has 0 bridgehead atoms. The molecule has 0 fully saturated rings. The summed E-state index contributed by atoms with van der Waals surface area (Å²) in [6.45, 7) is -0.760. The van der Waals surface area contributed by atoms with E-state index in [4.69, 9.17) is 5.11 Å². The largest absolute Gasteiger partial charge is 0.390 e. The number of aliphatic hydroxyl groups excluding tert-OH is 1. The van der Waals surface area contributed by atoms with Crippen LogP contribution in [-0.4, -0.2) is 30.1 Å². The number of hydrogen-bond acceptors (Lipinski definition) is 2. The molecule has 94 valence electrons. The monoisotopic (exact) mass is 247 g/mol. The Morgan fingerprint density at radius 1 is 1.47 bits per heavy atom. The standard InChI is InChI=1S/C11H12F3NO2/c1-7-2-3-8(9(12)4-7)10(17)15-5-11(13,14)6-16/h2-4,16H,5-6H2,1H3,(H,15,17). The first kappa shape index (κ1) is 13.5. The fourth-order valence-electron chi connectivity index (χ4n) is 1.17. The summed E-state index contributed by atoms with van der Waals surface area (Å²) in [7, 11) is 0. The van der Waals surface area contributed by atoms with Crippen LogP contribution in [0.1, 0.15) is 15.9 Å². The molecule has 2 N–H and O–H groups in total. The summed E-state index contributed by atoms with van der Waals surface area (Å²) in [5.41, 5.74) is 0.323. The van der Waals surface area contributed by atoms with Crippen molar-refractivity contribution in [2.75, 3.05) is 13.2 Å². The van der Waals surface area contributed by atoms with Crippen molar-refractivity contribution in [2.45, 2.75) is 12.8 Å². The molecule has 0 spiro atoms. The van der Waals surface area contributed by atoms with Crippen molar-refractivity contribution < 1.29 is 23.1 Å². The van der Waals surface area contributed by atoms with Gasteiger partial charge in [-0.3, -0.25) is 4.79 Å². The number of aliphatic hydroxyl groups is 1. The predicted octanol–water partition coefficient (Wildman–Crippen LogP) is 1.49. The first-order valence-electron chi connectivity index (χ1n) is 4.89. The third kappa shape index (κ3) is 3.74. The van der Waals surface area contributed by atoms with Gasteiger partial charge in [-0.1, -0.05) is 6.07 Å². The lowest BCUT2D eigenvalue weighted by atomic mass is 10.1. The zero-order valence-corrected chi connectivity index (χ0v) is 9.14. The Bertz CT molecular complexity index is 421. The quantitative estimate of drug-likeness (QED) is 0.847. The Kier molecular flexibility index (Phi) is 4.11. The van der Waals surface area contributed by atoms with Crippen molar-refractivity contribution in [3.63, 3.8) is 0 Å². The summed E-state index contributed by atoms with van der Waals surface area (Å²) in [6, 6.07) is 3.86. The Morgan fingerprint density at radius 2 is 2.12 bits per heavy atom. The number of aryl methyl sites for hydroxylation is 1. The highest BCUT2D eigenvalue weighted by atomic mass is 19.3. The number of hydrogen-bond donors (Lipinski definition) is 2. The molecule has 0 aliphatic carbocycles. The normalized spacial score (nSPS) is 11.4. The lowest BCUT2D eigenvalue weighted by Crippen LogP contribution is -2.39. The molecule has 0 aliphatic rings. The SMILES string of the molecule is Cc1ccc(C(=O)NCC(F)(F)CO)c(F)c1. The number of amides is 1. The van der Waals surface area contributed by atoms with Gasteiger partial charge in [0.05, 0.1) is 12.1 Å². The Morgan fingerprint density at radius 3 is 2.65 bits per heavy atom. The predicted molar refractivity (Wildman–Crippen MR) is 55.5 cm³/mol. The average molecular weight is 247 g/mol. The van der Waals surface area contributed by atoms with Gasteiger partial charge in [0.15, 0.2) is 0 Å². The highest BCUT2D eigenvalue weighted by Gasteiger charge is 2.28. The number of rotatable bonds is 4. The second kappa shape index (κ2) is 5.18. The van der Waals surface area contributed by atoms with Crippen molar-refractivity contribution in [3.05, 3.63) is 35.1 Å². The molecule has 0 saturated carbocycles. The zero-order valence-electron chi connectivity index (χ0n) is 9.14. The molecule has 0 saturated heterocycles. The van der Waals surface area contributed by atoms with E-state index in [0.29, 0.717) is 5.56 Å². The summed E-state index contributed by atoms with van der Waals surface area (Å²) >= 11 is 0. The van der Waals surface area contributed by atoms with Crippen LogP contribution >= 0.6 is 0 Å². The van der Waals surface area contributed by atoms with Gasteiger partial charge in [0.25, 0.3) is 11.8 Å². The maximum Gasteiger partial charge on any atom is 0.287 e. The lowest BCUT2D eigenvalue weighted by Gasteiger charge is -2.14. The molecule has 6 heteroatoms. The molecular formula is C11H12F3NO2. The molecule has 1 aromatic carbocycles. The summed E-state index contributed by atoms with van der Waals surface area (Å²) in [6.07, 6.45) is 0. The number of benzene rings is 1. The van der Waals surface area contributed by atoms with Gasteiger partial charge in [0.2, 0.25) is 0 Å². The van der Waals surface area contributed by atoms with E-state index in [2.05, 4.69) is 0 Å². The minimum atomic E-state index is -3.41. The number of carbonyl (C=O) groups is 1. The van der Waals surface area contributed by atoms with E-state index >= 15 is 0 Å². The van der Waals surface area contributed by atoms with Crippen LogP contribution in [0, 0.1) is 12.7 Å². The van der Waals surface area contributed by atoms with Gasteiger partial charge in [0, 0.05) is 0 Å². The van der Waals surface area contributed by atoms with E-state index in [0.717, 1.165) is 6.07 Å². The van der Waals surface area contributed by atoms with Crippen molar-refractivity contribution in [1.82, 2.24) is 5.32 Å². The van der Waals surface area contributed by atoms with Gasteiger partial charge >= 0.3 is 0 Å². The molecule has 0 heterocycles. The van der Waals surface area contributed by atoms with Gasteiger partial charge in [-0.05, 0) is 24.6 Å². The van der Waals surface area contributed by atoms with Crippen molar-refractivity contribution in [1.29, 1.82) is 0 Å². The molecule has 0 unspecified atom stereocenters. The molecule has 0 aliphatic heterocycles. The molecule has 1 rings (SSSR count). The van der Waals surface area contributed by atoms with Crippen molar-refractivity contribution in [2.24, 2.45) is 0 Å².